The van der Waals surface area contributed by atoms with Crippen LogP contribution in [0, 0.1) is 5.92 Å². The zero-order chi connectivity index (χ0) is 12.8. The molecule has 18 heavy (non-hydrogen) atoms. The van der Waals surface area contributed by atoms with Gasteiger partial charge in [0.25, 0.3) is 0 Å². The fourth-order valence-electron chi connectivity index (χ4n) is 3.34. The van der Waals surface area contributed by atoms with E-state index in [0.717, 1.165) is 25.2 Å². The Kier molecular flexibility index (Phi) is 5.19. The molecule has 0 atom stereocenters. The van der Waals surface area contributed by atoms with E-state index in [1.54, 1.807) is 7.11 Å². The molecule has 1 saturated heterocycles. The Labute approximate surface area is 110 Å². The molecule has 1 heterocycles. The molecule has 0 radical (unpaired) electrons. The Morgan fingerprint density at radius 3 is 2.50 bits per heavy atom. The number of rotatable bonds is 5. The monoisotopic (exact) mass is 254 g/mol. The fraction of sp³-hybridized carbons (Fsp3) is 0.933. The van der Waals surface area contributed by atoms with Gasteiger partial charge in [-0.2, -0.15) is 0 Å². The van der Waals surface area contributed by atoms with Crippen molar-refractivity contribution >= 4 is 5.78 Å². The zero-order valence-corrected chi connectivity index (χ0v) is 11.6. The Bertz CT molecular complexity index is 263. The summed E-state index contributed by atoms with van der Waals surface area (Å²) in [6, 6.07) is 0. The summed E-state index contributed by atoms with van der Waals surface area (Å²) >= 11 is 0. The minimum atomic E-state index is -0.535. The molecule has 3 nitrogen and oxygen atoms in total. The minimum absolute atomic E-state index is 0.305. The number of hydrogen-bond acceptors (Lipinski definition) is 3. The van der Waals surface area contributed by atoms with E-state index in [2.05, 4.69) is 0 Å². The van der Waals surface area contributed by atoms with E-state index in [0.29, 0.717) is 25.4 Å². The fourth-order valence-corrected chi connectivity index (χ4v) is 3.34. The maximum absolute atomic E-state index is 12.4. The molecule has 0 aromatic carbocycles. The SMILES string of the molecule is COC1(C(=O)CCC2CCCCC2)CCOCC1. The highest BCUT2D eigenvalue weighted by Crippen LogP contribution is 2.31. The van der Waals surface area contributed by atoms with E-state index in [-0.39, 0.29) is 0 Å². The van der Waals surface area contributed by atoms with E-state index >= 15 is 0 Å². The molecule has 0 aromatic heterocycles. The standard InChI is InChI=1S/C15H26O3/c1-17-15(9-11-18-12-10-15)14(16)8-7-13-5-3-2-4-6-13/h13H,2-12H2,1H3. The molecule has 2 rings (SSSR count). The highest BCUT2D eigenvalue weighted by atomic mass is 16.5. The maximum atomic E-state index is 12.4. The predicted molar refractivity (Wildman–Crippen MR) is 70.6 cm³/mol. The van der Waals surface area contributed by atoms with Gasteiger partial charge in [-0.3, -0.25) is 4.79 Å². The molecule has 2 aliphatic rings. The summed E-state index contributed by atoms with van der Waals surface area (Å²) in [7, 11) is 1.67. The van der Waals surface area contributed by atoms with Crippen molar-refractivity contribution in [1.29, 1.82) is 0 Å². The van der Waals surface area contributed by atoms with Gasteiger partial charge in [0.05, 0.1) is 0 Å². The van der Waals surface area contributed by atoms with Gasteiger partial charge in [-0.1, -0.05) is 32.1 Å². The lowest BCUT2D eigenvalue weighted by atomic mass is 9.82. The van der Waals surface area contributed by atoms with E-state index in [9.17, 15) is 4.79 Å². The lowest BCUT2D eigenvalue weighted by Crippen LogP contribution is -2.45. The number of carbonyl (C=O) groups is 1. The summed E-state index contributed by atoms with van der Waals surface area (Å²) < 4.78 is 10.9. The van der Waals surface area contributed by atoms with Gasteiger partial charge in [-0.15, -0.1) is 0 Å². The molecule has 104 valence electrons. The molecular formula is C15H26O3. The van der Waals surface area contributed by atoms with Crippen molar-refractivity contribution in [3.8, 4) is 0 Å². The normalized spacial score (nSPS) is 24.9. The summed E-state index contributed by atoms with van der Waals surface area (Å²) in [6.07, 6.45) is 9.92. The van der Waals surface area contributed by atoms with Crippen LogP contribution >= 0.6 is 0 Å². The van der Waals surface area contributed by atoms with Crippen LogP contribution in [-0.2, 0) is 14.3 Å². The van der Waals surface area contributed by atoms with Gasteiger partial charge >= 0.3 is 0 Å². The van der Waals surface area contributed by atoms with Crippen LogP contribution in [0.1, 0.15) is 57.8 Å². The second-order valence-electron chi connectivity index (χ2n) is 5.78. The quantitative estimate of drug-likeness (QED) is 0.756. The first-order valence-electron chi connectivity index (χ1n) is 7.43. The van der Waals surface area contributed by atoms with Gasteiger partial charge in [0.1, 0.15) is 5.60 Å². The van der Waals surface area contributed by atoms with Gasteiger partial charge in [0.2, 0.25) is 0 Å². The molecule has 0 N–H and O–H groups in total. The summed E-state index contributed by atoms with van der Waals surface area (Å²) in [6.45, 7) is 1.31. The van der Waals surface area contributed by atoms with Gasteiger partial charge in [-0.25, -0.2) is 0 Å². The second-order valence-corrected chi connectivity index (χ2v) is 5.78. The Morgan fingerprint density at radius 2 is 1.89 bits per heavy atom. The Balaban J connectivity index is 1.81. The van der Waals surface area contributed by atoms with Crippen molar-refractivity contribution in [3.63, 3.8) is 0 Å². The summed E-state index contributed by atoms with van der Waals surface area (Å²) in [5.74, 6) is 1.08. The maximum Gasteiger partial charge on any atom is 0.164 e. The second kappa shape index (κ2) is 6.67. The molecule has 1 aliphatic heterocycles. The van der Waals surface area contributed by atoms with Crippen molar-refractivity contribution in [3.05, 3.63) is 0 Å². The third-order valence-corrected chi connectivity index (χ3v) is 4.70. The number of hydrogen-bond donors (Lipinski definition) is 0. The van der Waals surface area contributed by atoms with Gasteiger partial charge < -0.3 is 9.47 Å². The van der Waals surface area contributed by atoms with E-state index in [1.807, 2.05) is 0 Å². The van der Waals surface area contributed by atoms with Crippen LogP contribution in [0.25, 0.3) is 0 Å². The van der Waals surface area contributed by atoms with Crippen LogP contribution in [0.3, 0.4) is 0 Å². The van der Waals surface area contributed by atoms with Crippen LogP contribution in [0.15, 0.2) is 0 Å². The van der Waals surface area contributed by atoms with Gasteiger partial charge in [0.15, 0.2) is 5.78 Å². The van der Waals surface area contributed by atoms with Gasteiger partial charge in [-0.05, 0) is 12.3 Å². The third-order valence-electron chi connectivity index (χ3n) is 4.70. The number of carbonyl (C=O) groups excluding carboxylic acids is 1. The van der Waals surface area contributed by atoms with Crippen molar-refractivity contribution in [2.24, 2.45) is 5.92 Å². The van der Waals surface area contributed by atoms with Crippen molar-refractivity contribution in [2.45, 2.75) is 63.4 Å². The first-order valence-corrected chi connectivity index (χ1v) is 7.43. The van der Waals surface area contributed by atoms with Crippen molar-refractivity contribution in [2.75, 3.05) is 20.3 Å². The van der Waals surface area contributed by atoms with E-state index < -0.39 is 5.60 Å². The average Bonchev–Trinajstić information content (AvgIpc) is 2.46. The first-order chi connectivity index (χ1) is 8.77. The highest BCUT2D eigenvalue weighted by Gasteiger charge is 2.39. The van der Waals surface area contributed by atoms with Crippen molar-refractivity contribution < 1.29 is 14.3 Å². The molecule has 2 fully saturated rings. The molecule has 3 heteroatoms. The van der Waals surface area contributed by atoms with E-state index in [4.69, 9.17) is 9.47 Å². The first kappa shape index (κ1) is 14.0. The van der Waals surface area contributed by atoms with Crippen LogP contribution < -0.4 is 0 Å². The molecular weight excluding hydrogens is 228 g/mol. The van der Waals surface area contributed by atoms with Crippen LogP contribution in [0.2, 0.25) is 0 Å². The van der Waals surface area contributed by atoms with Crippen LogP contribution in [-0.4, -0.2) is 31.7 Å². The molecule has 0 unspecified atom stereocenters. The molecule has 0 amide bonds. The van der Waals surface area contributed by atoms with Crippen molar-refractivity contribution in [1.82, 2.24) is 0 Å². The van der Waals surface area contributed by atoms with Crippen LogP contribution in [0.4, 0.5) is 0 Å². The number of ketones is 1. The molecule has 0 aromatic rings. The molecule has 1 aliphatic carbocycles. The third kappa shape index (κ3) is 3.33. The Morgan fingerprint density at radius 1 is 1.22 bits per heavy atom. The topological polar surface area (TPSA) is 35.5 Å². The molecule has 0 spiro atoms. The predicted octanol–water partition coefficient (Wildman–Crippen LogP) is 3.11. The number of Topliss-reactive ketones (excluding diaryl/α,β-unsaturated/α-hetero) is 1. The molecule has 1 saturated carbocycles. The number of methoxy groups -OCH3 is 1. The smallest absolute Gasteiger partial charge is 0.164 e. The van der Waals surface area contributed by atoms with E-state index in [1.165, 1.54) is 32.1 Å². The summed E-state index contributed by atoms with van der Waals surface area (Å²) in [5.41, 5.74) is -0.535. The van der Waals surface area contributed by atoms with Crippen LogP contribution in [0.5, 0.6) is 0 Å². The zero-order valence-electron chi connectivity index (χ0n) is 11.6. The average molecular weight is 254 g/mol. The number of ether oxygens (including phenoxy) is 2. The highest BCUT2D eigenvalue weighted by molar-refractivity contribution is 5.87. The minimum Gasteiger partial charge on any atom is -0.381 e. The molecule has 0 bridgehead atoms. The van der Waals surface area contributed by atoms with Gasteiger partial charge in [0, 0.05) is 39.6 Å². The Hall–Kier alpha value is -0.410. The summed E-state index contributed by atoms with van der Waals surface area (Å²) in [5, 5.41) is 0. The summed E-state index contributed by atoms with van der Waals surface area (Å²) in [4.78, 5) is 12.4. The largest absolute Gasteiger partial charge is 0.381 e. The lowest BCUT2D eigenvalue weighted by molar-refractivity contribution is -0.153. The lowest BCUT2D eigenvalue weighted by Gasteiger charge is -2.35.